The summed E-state index contributed by atoms with van der Waals surface area (Å²) in [6, 6.07) is 16.1. The van der Waals surface area contributed by atoms with Crippen molar-refractivity contribution in [2.75, 3.05) is 12.0 Å². The fourth-order valence-electron chi connectivity index (χ4n) is 3.58. The van der Waals surface area contributed by atoms with Crippen LogP contribution in [0.2, 0.25) is 0 Å². The van der Waals surface area contributed by atoms with Crippen LogP contribution in [0.15, 0.2) is 63.5 Å². The molecule has 0 saturated carbocycles. The molecule has 0 radical (unpaired) electrons. The number of nitrogens with one attached hydrogen (secondary N) is 1. The predicted molar refractivity (Wildman–Crippen MR) is 126 cm³/mol. The number of rotatable bonds is 7. The van der Waals surface area contributed by atoms with Gasteiger partial charge in [0.1, 0.15) is 5.70 Å². The second-order valence-corrected chi connectivity index (χ2v) is 9.22. The number of amidine groups is 1. The zero-order valence-electron chi connectivity index (χ0n) is 17.3. The van der Waals surface area contributed by atoms with Gasteiger partial charge < -0.3 is 0 Å². The van der Waals surface area contributed by atoms with Crippen LogP contribution in [-0.4, -0.2) is 28.1 Å². The molecule has 0 fully saturated rings. The van der Waals surface area contributed by atoms with Crippen LogP contribution in [0.25, 0.3) is 5.70 Å². The molecule has 0 spiro atoms. The Morgan fingerprint density at radius 2 is 1.87 bits per heavy atom. The first kappa shape index (κ1) is 21.0. The number of hydrogen-bond acceptors (Lipinski definition) is 6. The Kier molecular flexibility index (Phi) is 6.79. The van der Waals surface area contributed by atoms with E-state index in [1.807, 2.05) is 24.3 Å². The lowest BCUT2D eigenvalue weighted by atomic mass is 10.1. The quantitative estimate of drug-likeness (QED) is 0.527. The summed E-state index contributed by atoms with van der Waals surface area (Å²) in [5, 5.41) is 11.9. The van der Waals surface area contributed by atoms with Gasteiger partial charge in [-0.25, -0.2) is 5.01 Å². The van der Waals surface area contributed by atoms with E-state index in [1.165, 1.54) is 24.2 Å². The molecule has 2 aromatic rings. The zero-order chi connectivity index (χ0) is 20.9. The Morgan fingerprint density at radius 1 is 1.07 bits per heavy atom. The number of nitrogens with zero attached hydrogens (tertiary/aromatic N) is 3. The van der Waals surface area contributed by atoms with Crippen molar-refractivity contribution < 1.29 is 4.79 Å². The number of fused-ring (bicyclic) bond motifs is 2. The molecule has 1 atom stereocenters. The van der Waals surface area contributed by atoms with E-state index in [0.717, 1.165) is 28.3 Å². The smallest absolute Gasteiger partial charge is 0.276 e. The fourth-order valence-corrected chi connectivity index (χ4v) is 4.84. The topological polar surface area (TPSA) is 57.1 Å². The van der Waals surface area contributed by atoms with Gasteiger partial charge in [0.05, 0.1) is 5.36 Å². The highest BCUT2D eigenvalue weighted by atomic mass is 32.2. The number of benzene rings is 2. The van der Waals surface area contributed by atoms with Gasteiger partial charge in [-0.15, -0.1) is 16.9 Å². The van der Waals surface area contributed by atoms with E-state index >= 15 is 0 Å². The van der Waals surface area contributed by atoms with Crippen molar-refractivity contribution in [1.82, 2.24) is 10.3 Å². The van der Waals surface area contributed by atoms with E-state index in [0.29, 0.717) is 10.9 Å². The van der Waals surface area contributed by atoms with Crippen molar-refractivity contribution in [1.29, 1.82) is 0 Å². The van der Waals surface area contributed by atoms with E-state index in [-0.39, 0.29) is 12.1 Å². The number of unbranched alkanes of at least 4 members (excludes halogenated alkanes) is 3. The second-order valence-electron chi connectivity index (χ2n) is 7.25. The van der Waals surface area contributed by atoms with Crippen molar-refractivity contribution >= 4 is 40.3 Å². The molecule has 4 rings (SSSR count). The highest BCUT2D eigenvalue weighted by molar-refractivity contribution is 8.13. The lowest BCUT2D eigenvalue weighted by molar-refractivity contribution is -0.116. The van der Waals surface area contributed by atoms with Crippen LogP contribution in [0.5, 0.6) is 0 Å². The van der Waals surface area contributed by atoms with Gasteiger partial charge in [-0.05, 0) is 36.4 Å². The van der Waals surface area contributed by atoms with Crippen LogP contribution in [-0.2, 0) is 4.79 Å². The summed E-state index contributed by atoms with van der Waals surface area (Å²) >= 11 is 3.32. The minimum absolute atomic E-state index is 0.117. The average Bonchev–Trinajstić information content (AvgIpc) is 2.78. The van der Waals surface area contributed by atoms with Gasteiger partial charge in [-0.2, -0.15) is 0 Å². The van der Waals surface area contributed by atoms with E-state index in [2.05, 4.69) is 42.8 Å². The Bertz CT molecular complexity index is 1070. The molecular formula is C23H26N4OS2. The normalized spacial score (nSPS) is 17.6. The maximum absolute atomic E-state index is 13.1. The third-order valence-corrected chi connectivity index (χ3v) is 6.86. The summed E-state index contributed by atoms with van der Waals surface area (Å²) in [7, 11) is 0. The Balaban J connectivity index is 1.69. The maximum atomic E-state index is 13.1. The molecule has 1 amide bonds. The fraction of sp³-hybridized carbons (Fsp3) is 0.348. The number of carbonyl (C=O) groups excluding carboxylic acids is 1. The number of thioether (sulfide) groups is 2. The first-order valence-electron chi connectivity index (χ1n) is 10.3. The monoisotopic (exact) mass is 438 g/mol. The molecule has 7 heteroatoms. The summed E-state index contributed by atoms with van der Waals surface area (Å²) in [5.41, 5.74) is 1.58. The Hall–Kier alpha value is -2.25. The van der Waals surface area contributed by atoms with Gasteiger partial charge in [0.25, 0.3) is 5.91 Å². The van der Waals surface area contributed by atoms with E-state index < -0.39 is 0 Å². The molecule has 1 N–H and O–H groups in total. The summed E-state index contributed by atoms with van der Waals surface area (Å²) in [6.07, 6.45) is 6.49. The minimum atomic E-state index is -0.354. The van der Waals surface area contributed by atoms with Crippen LogP contribution < -0.4 is 15.9 Å². The summed E-state index contributed by atoms with van der Waals surface area (Å²) in [5.74, 6) is 0.831. The van der Waals surface area contributed by atoms with Crippen molar-refractivity contribution in [3.8, 4) is 0 Å². The minimum Gasteiger partial charge on any atom is -0.298 e. The van der Waals surface area contributed by atoms with Crippen LogP contribution >= 0.6 is 23.5 Å². The van der Waals surface area contributed by atoms with E-state index in [9.17, 15) is 4.79 Å². The van der Waals surface area contributed by atoms with Gasteiger partial charge in [0.15, 0.2) is 11.3 Å². The zero-order valence-corrected chi connectivity index (χ0v) is 18.9. The van der Waals surface area contributed by atoms with Crippen LogP contribution in [0.3, 0.4) is 0 Å². The number of hydrazone groups is 1. The molecular weight excluding hydrogens is 412 g/mol. The molecule has 0 aliphatic carbocycles. The molecule has 156 valence electrons. The van der Waals surface area contributed by atoms with E-state index in [1.54, 1.807) is 28.5 Å². The maximum Gasteiger partial charge on any atom is 0.276 e. The molecule has 2 aromatic carbocycles. The first-order valence-corrected chi connectivity index (χ1v) is 12.6. The third-order valence-electron chi connectivity index (χ3n) is 5.17. The van der Waals surface area contributed by atoms with Crippen LogP contribution in [0, 0.1) is 0 Å². The van der Waals surface area contributed by atoms with E-state index in [4.69, 9.17) is 10.1 Å². The molecule has 0 aromatic heterocycles. The SMILES string of the molecule is CCCCCCSC1=NN2C(=c3ccccc3=NC2c2ccc(SC)cc2)C(=O)N1. The molecule has 2 aliphatic rings. The van der Waals surface area contributed by atoms with Crippen molar-refractivity contribution in [2.24, 2.45) is 10.1 Å². The van der Waals surface area contributed by atoms with Crippen molar-refractivity contribution in [3.05, 3.63) is 64.7 Å². The highest BCUT2D eigenvalue weighted by Gasteiger charge is 2.34. The molecule has 1 unspecified atom stereocenters. The van der Waals surface area contributed by atoms with Gasteiger partial charge in [-0.1, -0.05) is 68.3 Å². The highest BCUT2D eigenvalue weighted by Crippen LogP contribution is 2.31. The summed E-state index contributed by atoms with van der Waals surface area (Å²) < 4.78 is 0. The molecule has 5 nitrogen and oxygen atoms in total. The van der Waals surface area contributed by atoms with Crippen molar-refractivity contribution in [3.63, 3.8) is 0 Å². The Labute approximate surface area is 185 Å². The predicted octanol–water partition coefficient (Wildman–Crippen LogP) is 3.87. The lowest BCUT2D eigenvalue weighted by Crippen LogP contribution is -2.50. The number of para-hydroxylation sites is 1. The summed E-state index contributed by atoms with van der Waals surface area (Å²) in [4.78, 5) is 19.2. The third kappa shape index (κ3) is 4.42. The average molecular weight is 439 g/mol. The molecule has 0 bridgehead atoms. The Morgan fingerprint density at radius 3 is 2.63 bits per heavy atom. The van der Waals surface area contributed by atoms with Gasteiger partial charge >= 0.3 is 0 Å². The second kappa shape index (κ2) is 9.71. The van der Waals surface area contributed by atoms with Gasteiger partial charge in [0, 0.05) is 15.9 Å². The molecule has 2 aliphatic heterocycles. The summed E-state index contributed by atoms with van der Waals surface area (Å²) in [6.45, 7) is 2.21. The number of hydrogen-bond donors (Lipinski definition) is 1. The lowest BCUT2D eigenvalue weighted by Gasteiger charge is -2.34. The number of carbonyl (C=O) groups is 1. The van der Waals surface area contributed by atoms with Crippen LogP contribution in [0.4, 0.5) is 0 Å². The van der Waals surface area contributed by atoms with Crippen LogP contribution in [0.1, 0.15) is 44.3 Å². The number of amides is 1. The molecule has 2 heterocycles. The largest absolute Gasteiger partial charge is 0.298 e. The van der Waals surface area contributed by atoms with Crippen molar-refractivity contribution in [2.45, 2.75) is 43.7 Å². The molecule has 30 heavy (non-hydrogen) atoms. The molecule has 0 saturated heterocycles. The van der Waals surface area contributed by atoms with Gasteiger partial charge in [-0.3, -0.25) is 15.1 Å². The first-order chi connectivity index (χ1) is 14.7. The van der Waals surface area contributed by atoms with Gasteiger partial charge in [0.2, 0.25) is 0 Å². The standard InChI is InChI=1S/C23H26N4OS2/c1-3-4-5-8-15-30-23-25-22(28)20-18-9-6-7-10-19(18)24-21(27(20)26-23)16-11-13-17(29-2)14-12-16/h6-7,9-14,21H,3-5,8,15H2,1-2H3,(H,25,26,28).